The minimum absolute atomic E-state index is 0.0521. The molecule has 1 aromatic carbocycles. The SMILES string of the molecule is CC1(CC(=O)O)OCCc2oc3ccccc3c21. The largest absolute Gasteiger partial charge is 0.481 e. The van der Waals surface area contributed by atoms with Crippen LogP contribution in [0.25, 0.3) is 11.0 Å². The molecule has 0 amide bonds. The molecule has 18 heavy (non-hydrogen) atoms. The highest BCUT2D eigenvalue weighted by Crippen LogP contribution is 2.41. The molecule has 0 fully saturated rings. The van der Waals surface area contributed by atoms with Crippen LogP contribution in [0.5, 0.6) is 0 Å². The summed E-state index contributed by atoms with van der Waals surface area (Å²) < 4.78 is 11.5. The summed E-state index contributed by atoms with van der Waals surface area (Å²) in [5, 5.41) is 10.0. The number of rotatable bonds is 2. The monoisotopic (exact) mass is 246 g/mol. The van der Waals surface area contributed by atoms with Crippen molar-refractivity contribution in [3.05, 3.63) is 35.6 Å². The maximum Gasteiger partial charge on any atom is 0.306 e. The van der Waals surface area contributed by atoms with E-state index in [4.69, 9.17) is 14.3 Å². The number of hydrogen-bond acceptors (Lipinski definition) is 3. The molecule has 1 N–H and O–H groups in total. The van der Waals surface area contributed by atoms with Crippen molar-refractivity contribution < 1.29 is 19.1 Å². The number of fused-ring (bicyclic) bond motifs is 3. The van der Waals surface area contributed by atoms with Gasteiger partial charge in [-0.1, -0.05) is 18.2 Å². The molecule has 4 heteroatoms. The molecule has 2 heterocycles. The molecule has 0 radical (unpaired) electrons. The van der Waals surface area contributed by atoms with Crippen molar-refractivity contribution in [2.45, 2.75) is 25.4 Å². The fourth-order valence-corrected chi connectivity index (χ4v) is 2.72. The Hall–Kier alpha value is -1.81. The molecule has 1 aliphatic rings. The minimum atomic E-state index is -0.865. The van der Waals surface area contributed by atoms with Crippen molar-refractivity contribution in [2.24, 2.45) is 0 Å². The number of carbonyl (C=O) groups is 1. The topological polar surface area (TPSA) is 59.7 Å². The maximum atomic E-state index is 11.0. The van der Waals surface area contributed by atoms with Gasteiger partial charge in [-0.05, 0) is 13.0 Å². The van der Waals surface area contributed by atoms with Crippen molar-refractivity contribution in [3.8, 4) is 0 Å². The van der Waals surface area contributed by atoms with Crippen LogP contribution < -0.4 is 0 Å². The second-order valence-corrected chi connectivity index (χ2v) is 4.80. The number of benzene rings is 1. The second-order valence-electron chi connectivity index (χ2n) is 4.80. The van der Waals surface area contributed by atoms with E-state index in [2.05, 4.69) is 0 Å². The zero-order valence-electron chi connectivity index (χ0n) is 10.1. The van der Waals surface area contributed by atoms with Crippen LogP contribution in [0.15, 0.2) is 28.7 Å². The van der Waals surface area contributed by atoms with Crippen molar-refractivity contribution in [2.75, 3.05) is 6.61 Å². The van der Waals surface area contributed by atoms with E-state index in [1.54, 1.807) is 0 Å². The highest BCUT2D eigenvalue weighted by atomic mass is 16.5. The number of carboxylic acids is 1. The lowest BCUT2D eigenvalue weighted by Gasteiger charge is -2.32. The third-order valence-corrected chi connectivity index (χ3v) is 3.44. The van der Waals surface area contributed by atoms with Crippen LogP contribution in [-0.4, -0.2) is 17.7 Å². The van der Waals surface area contributed by atoms with Gasteiger partial charge in [0.1, 0.15) is 16.9 Å². The summed E-state index contributed by atoms with van der Waals surface area (Å²) in [5.74, 6) is -0.0122. The second kappa shape index (κ2) is 3.85. The quantitative estimate of drug-likeness (QED) is 0.885. The van der Waals surface area contributed by atoms with E-state index in [0.29, 0.717) is 13.0 Å². The van der Waals surface area contributed by atoms with Crippen LogP contribution in [0.1, 0.15) is 24.7 Å². The van der Waals surface area contributed by atoms with Crippen LogP contribution in [0.2, 0.25) is 0 Å². The fourth-order valence-electron chi connectivity index (χ4n) is 2.72. The Labute approximate surface area is 104 Å². The van der Waals surface area contributed by atoms with E-state index in [9.17, 15) is 4.79 Å². The summed E-state index contributed by atoms with van der Waals surface area (Å²) >= 11 is 0. The van der Waals surface area contributed by atoms with Crippen molar-refractivity contribution in [1.29, 1.82) is 0 Å². The number of para-hydroxylation sites is 1. The lowest BCUT2D eigenvalue weighted by Crippen LogP contribution is -2.34. The Morgan fingerprint density at radius 1 is 1.44 bits per heavy atom. The molecular weight excluding hydrogens is 232 g/mol. The van der Waals surface area contributed by atoms with Crippen molar-refractivity contribution in [1.82, 2.24) is 0 Å². The number of ether oxygens (including phenoxy) is 1. The lowest BCUT2D eigenvalue weighted by atomic mass is 9.87. The number of furan rings is 1. The van der Waals surface area contributed by atoms with Gasteiger partial charge in [0.2, 0.25) is 0 Å². The molecule has 0 spiro atoms. The standard InChI is InChI=1S/C14H14O4/c1-14(8-12(15)16)13-9-4-2-3-5-10(9)18-11(13)6-7-17-14/h2-5H,6-8H2,1H3,(H,15,16). The highest BCUT2D eigenvalue weighted by Gasteiger charge is 2.39. The fraction of sp³-hybridized carbons (Fsp3) is 0.357. The van der Waals surface area contributed by atoms with Crippen molar-refractivity contribution >= 4 is 16.9 Å². The Bertz CT molecular complexity index is 613. The summed E-state index contributed by atoms with van der Waals surface area (Å²) in [5.41, 5.74) is 0.891. The van der Waals surface area contributed by atoms with Gasteiger partial charge in [0.05, 0.1) is 13.0 Å². The first kappa shape index (κ1) is 11.3. The predicted molar refractivity (Wildman–Crippen MR) is 65.5 cm³/mol. The van der Waals surface area contributed by atoms with E-state index in [-0.39, 0.29) is 6.42 Å². The number of aliphatic carboxylic acids is 1. The zero-order chi connectivity index (χ0) is 12.8. The van der Waals surface area contributed by atoms with E-state index in [1.165, 1.54) is 0 Å². The van der Waals surface area contributed by atoms with Crippen LogP contribution in [0.4, 0.5) is 0 Å². The Balaban J connectivity index is 2.22. The van der Waals surface area contributed by atoms with Gasteiger partial charge in [-0.15, -0.1) is 0 Å². The first-order valence-electron chi connectivity index (χ1n) is 5.97. The average molecular weight is 246 g/mol. The van der Waals surface area contributed by atoms with Crippen molar-refractivity contribution in [3.63, 3.8) is 0 Å². The summed E-state index contributed by atoms with van der Waals surface area (Å²) in [7, 11) is 0. The molecule has 94 valence electrons. The predicted octanol–water partition coefficient (Wildman–Crippen LogP) is 2.70. The molecule has 0 saturated heterocycles. The first-order valence-corrected chi connectivity index (χ1v) is 5.97. The molecule has 1 aromatic heterocycles. The number of hydrogen-bond donors (Lipinski definition) is 1. The number of carboxylic acid groups (broad SMARTS) is 1. The van der Waals surface area contributed by atoms with E-state index in [1.807, 2.05) is 31.2 Å². The molecular formula is C14H14O4. The first-order chi connectivity index (χ1) is 8.60. The van der Waals surface area contributed by atoms with Gasteiger partial charge in [-0.3, -0.25) is 4.79 Å². The van der Waals surface area contributed by atoms with E-state index >= 15 is 0 Å². The summed E-state index contributed by atoms with van der Waals surface area (Å²) in [6.45, 7) is 2.32. The van der Waals surface area contributed by atoms with Gasteiger partial charge >= 0.3 is 5.97 Å². The zero-order valence-corrected chi connectivity index (χ0v) is 10.1. The molecule has 1 aliphatic heterocycles. The molecule has 3 rings (SSSR count). The summed E-state index contributed by atoms with van der Waals surface area (Å²) in [4.78, 5) is 11.0. The van der Waals surface area contributed by atoms with Gasteiger partial charge in [-0.25, -0.2) is 0 Å². The smallest absolute Gasteiger partial charge is 0.306 e. The molecule has 4 nitrogen and oxygen atoms in total. The van der Waals surface area contributed by atoms with Gasteiger partial charge in [-0.2, -0.15) is 0 Å². The minimum Gasteiger partial charge on any atom is -0.481 e. The van der Waals surface area contributed by atoms with Crippen LogP contribution >= 0.6 is 0 Å². The molecule has 1 atom stereocenters. The molecule has 2 aromatic rings. The highest BCUT2D eigenvalue weighted by molar-refractivity contribution is 5.84. The van der Waals surface area contributed by atoms with Gasteiger partial charge < -0.3 is 14.3 Å². The van der Waals surface area contributed by atoms with E-state index < -0.39 is 11.6 Å². The summed E-state index contributed by atoms with van der Waals surface area (Å²) in [6, 6.07) is 7.68. The van der Waals surface area contributed by atoms with Gasteiger partial charge in [0.15, 0.2) is 0 Å². The lowest BCUT2D eigenvalue weighted by molar-refractivity contribution is -0.146. The van der Waals surface area contributed by atoms with Gasteiger partial charge in [0, 0.05) is 17.4 Å². The Kier molecular flexibility index (Phi) is 2.41. The van der Waals surface area contributed by atoms with Crippen LogP contribution in [0.3, 0.4) is 0 Å². The third kappa shape index (κ3) is 1.61. The van der Waals surface area contributed by atoms with Gasteiger partial charge in [0.25, 0.3) is 0 Å². The van der Waals surface area contributed by atoms with E-state index in [0.717, 1.165) is 22.3 Å². The normalized spacial score (nSPS) is 22.9. The maximum absolute atomic E-state index is 11.0. The molecule has 1 unspecified atom stereocenters. The molecule has 0 bridgehead atoms. The van der Waals surface area contributed by atoms with Crippen LogP contribution in [0, 0.1) is 0 Å². The third-order valence-electron chi connectivity index (χ3n) is 3.44. The molecule has 0 saturated carbocycles. The Morgan fingerprint density at radius 2 is 2.22 bits per heavy atom. The Morgan fingerprint density at radius 3 is 3.00 bits per heavy atom. The average Bonchev–Trinajstić information content (AvgIpc) is 2.67. The summed E-state index contributed by atoms with van der Waals surface area (Å²) in [6.07, 6.45) is 0.642. The van der Waals surface area contributed by atoms with Crippen LogP contribution in [-0.2, 0) is 21.6 Å². The molecule has 0 aliphatic carbocycles.